The fourth-order valence-corrected chi connectivity index (χ4v) is 1.68. The van der Waals surface area contributed by atoms with E-state index in [1.54, 1.807) is 0 Å². The lowest BCUT2D eigenvalue weighted by Crippen LogP contribution is -2.40. The van der Waals surface area contributed by atoms with Gasteiger partial charge in [-0.25, -0.2) is 5.84 Å². The van der Waals surface area contributed by atoms with Gasteiger partial charge in [-0.05, 0) is 24.9 Å². The van der Waals surface area contributed by atoms with E-state index >= 15 is 0 Å². The summed E-state index contributed by atoms with van der Waals surface area (Å²) in [7, 11) is 0. The lowest BCUT2D eigenvalue weighted by Gasteiger charge is -2.21. The van der Waals surface area contributed by atoms with Crippen LogP contribution in [0.3, 0.4) is 0 Å². The highest BCUT2D eigenvalue weighted by Gasteiger charge is 2.32. The van der Waals surface area contributed by atoms with E-state index in [0.717, 1.165) is 19.5 Å². The minimum Gasteiger partial charge on any atom is -0.330 e. The van der Waals surface area contributed by atoms with Crippen molar-refractivity contribution < 1.29 is 4.79 Å². The van der Waals surface area contributed by atoms with E-state index in [2.05, 4.69) is 17.2 Å². The van der Waals surface area contributed by atoms with E-state index in [0.29, 0.717) is 13.1 Å². The molecule has 0 aromatic heterocycles. The van der Waals surface area contributed by atoms with E-state index in [1.807, 2.05) is 0 Å². The lowest BCUT2D eigenvalue weighted by atomic mass is 9.90. The van der Waals surface area contributed by atoms with Gasteiger partial charge in [-0.3, -0.25) is 15.1 Å². The molecule has 0 aromatic rings. The number of hydrogen-bond acceptors (Lipinski definition) is 4. The molecule has 0 saturated carbocycles. The molecule has 1 amide bonds. The van der Waals surface area contributed by atoms with Crippen LogP contribution >= 0.6 is 0 Å². The first kappa shape index (κ1) is 10.4. The predicted molar refractivity (Wildman–Crippen MR) is 50.5 cm³/mol. The third kappa shape index (κ3) is 2.65. The van der Waals surface area contributed by atoms with Crippen molar-refractivity contribution in [3.05, 3.63) is 0 Å². The fraction of sp³-hybridized carbons (Fsp3) is 0.875. The Morgan fingerprint density at radius 2 is 2.38 bits per heavy atom. The van der Waals surface area contributed by atoms with Gasteiger partial charge in [0.2, 0.25) is 5.91 Å². The van der Waals surface area contributed by atoms with Crippen molar-refractivity contribution in [1.82, 2.24) is 10.3 Å². The summed E-state index contributed by atoms with van der Waals surface area (Å²) in [5.41, 5.74) is 7.94. The Labute approximate surface area is 78.4 Å². The second kappa shape index (κ2) is 4.04. The first-order chi connectivity index (χ1) is 6.09. The van der Waals surface area contributed by atoms with Gasteiger partial charge in [-0.15, -0.1) is 0 Å². The van der Waals surface area contributed by atoms with Crippen LogP contribution in [0.2, 0.25) is 0 Å². The van der Waals surface area contributed by atoms with Crippen molar-refractivity contribution in [1.29, 1.82) is 0 Å². The van der Waals surface area contributed by atoms with Crippen LogP contribution in [-0.2, 0) is 4.79 Å². The molecule has 0 bridgehead atoms. The van der Waals surface area contributed by atoms with E-state index in [1.165, 1.54) is 0 Å². The van der Waals surface area contributed by atoms with Gasteiger partial charge in [0.1, 0.15) is 0 Å². The number of hydrazine groups is 1. The minimum atomic E-state index is -0.138. The van der Waals surface area contributed by atoms with Gasteiger partial charge in [0, 0.05) is 6.54 Å². The summed E-state index contributed by atoms with van der Waals surface area (Å²) in [6.07, 6.45) is 1.06. The molecule has 76 valence electrons. The van der Waals surface area contributed by atoms with Gasteiger partial charge >= 0.3 is 0 Å². The number of carbonyl (C=O) groups excluding carboxylic acids is 1. The molecule has 0 aliphatic carbocycles. The van der Waals surface area contributed by atoms with Gasteiger partial charge in [0.25, 0.3) is 0 Å². The number of nitrogens with zero attached hydrogens (tertiary/aromatic N) is 1. The highest BCUT2D eigenvalue weighted by molar-refractivity contribution is 5.77. The molecule has 1 saturated heterocycles. The van der Waals surface area contributed by atoms with E-state index < -0.39 is 0 Å². The van der Waals surface area contributed by atoms with Crippen LogP contribution in [0.15, 0.2) is 0 Å². The van der Waals surface area contributed by atoms with Crippen molar-refractivity contribution in [2.75, 3.05) is 26.2 Å². The standard InChI is InChI=1S/C8H18N4O/c1-8(5-9)2-3-12(6-8)4-7(13)11-10/h2-6,9-10H2,1H3,(H,11,13). The molecule has 1 fully saturated rings. The number of nitrogens with one attached hydrogen (secondary N) is 1. The number of hydrogen-bond donors (Lipinski definition) is 3. The SMILES string of the molecule is CC1(CN)CCN(CC(=O)NN)C1. The molecular formula is C8H18N4O. The quantitative estimate of drug-likeness (QED) is 0.289. The van der Waals surface area contributed by atoms with Crippen molar-refractivity contribution in [3.63, 3.8) is 0 Å². The average molecular weight is 186 g/mol. The van der Waals surface area contributed by atoms with Gasteiger partial charge in [0.15, 0.2) is 0 Å². The smallest absolute Gasteiger partial charge is 0.248 e. The number of amides is 1. The molecule has 1 aliphatic heterocycles. The summed E-state index contributed by atoms with van der Waals surface area (Å²) in [4.78, 5) is 13.0. The van der Waals surface area contributed by atoms with Gasteiger partial charge < -0.3 is 5.73 Å². The Hall–Kier alpha value is -0.650. The van der Waals surface area contributed by atoms with Crippen LogP contribution in [0.1, 0.15) is 13.3 Å². The van der Waals surface area contributed by atoms with Crippen LogP contribution in [0.5, 0.6) is 0 Å². The summed E-state index contributed by atoms with van der Waals surface area (Å²) in [5, 5.41) is 0. The van der Waals surface area contributed by atoms with E-state index in [9.17, 15) is 4.79 Å². The lowest BCUT2D eigenvalue weighted by molar-refractivity contribution is -0.122. The summed E-state index contributed by atoms with van der Waals surface area (Å²) >= 11 is 0. The van der Waals surface area contributed by atoms with Crippen LogP contribution in [0.25, 0.3) is 0 Å². The molecule has 5 nitrogen and oxygen atoms in total. The second-order valence-corrected chi connectivity index (χ2v) is 4.04. The topological polar surface area (TPSA) is 84.4 Å². The van der Waals surface area contributed by atoms with E-state index in [-0.39, 0.29) is 11.3 Å². The minimum absolute atomic E-state index is 0.138. The summed E-state index contributed by atoms with van der Waals surface area (Å²) in [5.74, 6) is 4.86. The first-order valence-electron chi connectivity index (χ1n) is 4.51. The monoisotopic (exact) mass is 186 g/mol. The highest BCUT2D eigenvalue weighted by Crippen LogP contribution is 2.27. The molecule has 1 heterocycles. The molecule has 1 rings (SSSR count). The van der Waals surface area contributed by atoms with Crippen molar-refractivity contribution in [2.45, 2.75) is 13.3 Å². The highest BCUT2D eigenvalue weighted by atomic mass is 16.2. The maximum absolute atomic E-state index is 11.0. The molecule has 5 N–H and O–H groups in total. The molecule has 1 unspecified atom stereocenters. The zero-order valence-electron chi connectivity index (χ0n) is 8.05. The molecule has 1 atom stereocenters. The zero-order chi connectivity index (χ0) is 9.90. The van der Waals surface area contributed by atoms with Crippen molar-refractivity contribution >= 4 is 5.91 Å². The fourth-order valence-electron chi connectivity index (χ4n) is 1.68. The zero-order valence-corrected chi connectivity index (χ0v) is 8.05. The molecule has 0 spiro atoms. The third-order valence-corrected chi connectivity index (χ3v) is 2.66. The molecule has 0 radical (unpaired) electrons. The van der Waals surface area contributed by atoms with Gasteiger partial charge in [-0.1, -0.05) is 6.92 Å². The first-order valence-corrected chi connectivity index (χ1v) is 4.51. The number of rotatable bonds is 3. The van der Waals surface area contributed by atoms with Crippen molar-refractivity contribution in [3.8, 4) is 0 Å². The summed E-state index contributed by atoms with van der Waals surface area (Å²) in [6.45, 7) is 5.02. The Morgan fingerprint density at radius 3 is 2.85 bits per heavy atom. The average Bonchev–Trinajstić information content (AvgIpc) is 2.48. The molecular weight excluding hydrogens is 168 g/mol. The van der Waals surface area contributed by atoms with Crippen LogP contribution < -0.4 is 17.0 Å². The van der Waals surface area contributed by atoms with Crippen LogP contribution in [-0.4, -0.2) is 37.0 Å². The number of nitrogens with two attached hydrogens (primary N) is 2. The summed E-state index contributed by atoms with van der Waals surface area (Å²) < 4.78 is 0. The van der Waals surface area contributed by atoms with Crippen LogP contribution in [0.4, 0.5) is 0 Å². The Kier molecular flexibility index (Phi) is 3.24. The van der Waals surface area contributed by atoms with Gasteiger partial charge in [-0.2, -0.15) is 0 Å². The molecule has 1 aliphatic rings. The number of likely N-dealkylation sites (tertiary alicyclic amines) is 1. The number of carbonyl (C=O) groups is 1. The Morgan fingerprint density at radius 1 is 1.69 bits per heavy atom. The van der Waals surface area contributed by atoms with E-state index in [4.69, 9.17) is 11.6 Å². The Bertz CT molecular complexity index is 197. The normalized spacial score (nSPS) is 29.2. The Balaban J connectivity index is 2.37. The molecule has 13 heavy (non-hydrogen) atoms. The molecule has 5 heteroatoms. The molecule has 0 aromatic carbocycles. The second-order valence-electron chi connectivity index (χ2n) is 4.04. The van der Waals surface area contributed by atoms with Gasteiger partial charge in [0.05, 0.1) is 6.54 Å². The van der Waals surface area contributed by atoms with Crippen LogP contribution in [0, 0.1) is 5.41 Å². The third-order valence-electron chi connectivity index (χ3n) is 2.66. The largest absolute Gasteiger partial charge is 0.330 e. The van der Waals surface area contributed by atoms with Crippen molar-refractivity contribution in [2.24, 2.45) is 17.0 Å². The maximum Gasteiger partial charge on any atom is 0.248 e. The predicted octanol–water partition coefficient (Wildman–Crippen LogP) is -1.35. The summed E-state index contributed by atoms with van der Waals surface area (Å²) in [6, 6.07) is 0. The maximum atomic E-state index is 11.0.